The molecule has 0 saturated heterocycles. The molecule has 0 rings (SSSR count). The highest BCUT2D eigenvalue weighted by Gasteiger charge is 2.03. The Labute approximate surface area is 73.1 Å². The highest BCUT2D eigenvalue weighted by Crippen LogP contribution is 1.94. The van der Waals surface area contributed by atoms with E-state index in [2.05, 4.69) is 12.6 Å². The molecule has 0 spiro atoms. The fourth-order valence-corrected chi connectivity index (χ4v) is 0.676. The molecule has 0 aliphatic rings. The van der Waals surface area contributed by atoms with Gasteiger partial charge in [-0.25, -0.2) is 0 Å². The zero-order valence-corrected chi connectivity index (χ0v) is 7.88. The lowest BCUT2D eigenvalue weighted by atomic mass is 10.4. The Morgan fingerprint density at radius 2 is 2.00 bits per heavy atom. The molecule has 0 heterocycles. The maximum absolute atomic E-state index is 8.85. The van der Waals surface area contributed by atoms with Crippen molar-refractivity contribution in [2.24, 2.45) is 0 Å². The number of hydrogen-bond acceptors (Lipinski definition) is 4. The molecule has 11 heavy (non-hydrogen) atoms. The summed E-state index contributed by atoms with van der Waals surface area (Å²) >= 11 is 3.88. The smallest absolute Gasteiger partial charge is 0.0893 e. The summed E-state index contributed by atoms with van der Waals surface area (Å²) in [6.07, 6.45) is -0.384. The highest BCUT2D eigenvalue weighted by molar-refractivity contribution is 7.80. The van der Waals surface area contributed by atoms with Gasteiger partial charge in [0.15, 0.2) is 0 Å². The van der Waals surface area contributed by atoms with Gasteiger partial charge in [0.25, 0.3) is 0 Å². The van der Waals surface area contributed by atoms with E-state index in [0.29, 0.717) is 19.2 Å². The van der Waals surface area contributed by atoms with Crippen LogP contribution in [-0.4, -0.2) is 36.5 Å². The van der Waals surface area contributed by atoms with E-state index in [4.69, 9.17) is 14.6 Å². The quantitative estimate of drug-likeness (QED) is 0.466. The molecule has 4 heteroatoms. The number of rotatable bonds is 6. The fourth-order valence-electron chi connectivity index (χ4n) is 0.570. The molecule has 0 amide bonds. The van der Waals surface area contributed by atoms with E-state index in [1.807, 2.05) is 6.92 Å². The molecular formula is C7H16O3S. The molecule has 0 radical (unpaired) electrons. The second-order valence-corrected chi connectivity index (χ2v) is 2.75. The highest BCUT2D eigenvalue weighted by atomic mass is 32.1. The normalized spacial score (nSPS) is 16.4. The lowest BCUT2D eigenvalue weighted by molar-refractivity contribution is -0.0289. The molecule has 2 atom stereocenters. The Hall–Kier alpha value is 0.230. The Morgan fingerprint density at radius 3 is 2.45 bits per heavy atom. The van der Waals surface area contributed by atoms with Gasteiger partial charge in [-0.1, -0.05) is 0 Å². The zero-order chi connectivity index (χ0) is 8.69. The van der Waals surface area contributed by atoms with Crippen LogP contribution in [0.5, 0.6) is 0 Å². The van der Waals surface area contributed by atoms with Gasteiger partial charge in [-0.3, -0.25) is 0 Å². The van der Waals surface area contributed by atoms with E-state index >= 15 is 0 Å². The molecule has 0 aliphatic carbocycles. The average molecular weight is 180 g/mol. The van der Waals surface area contributed by atoms with E-state index < -0.39 is 6.10 Å². The van der Waals surface area contributed by atoms with Crippen molar-refractivity contribution in [2.75, 3.05) is 19.2 Å². The summed E-state index contributed by atoms with van der Waals surface area (Å²) in [5, 5.41) is 8.85. The van der Waals surface area contributed by atoms with Crippen molar-refractivity contribution in [1.29, 1.82) is 0 Å². The third kappa shape index (κ3) is 8.13. The molecule has 0 aromatic heterocycles. The molecular weight excluding hydrogens is 164 g/mol. The van der Waals surface area contributed by atoms with Crippen LogP contribution in [-0.2, 0) is 9.47 Å². The van der Waals surface area contributed by atoms with Crippen molar-refractivity contribution in [1.82, 2.24) is 0 Å². The third-order valence-electron chi connectivity index (χ3n) is 1.07. The van der Waals surface area contributed by atoms with Crippen molar-refractivity contribution in [3.8, 4) is 0 Å². The molecule has 3 nitrogen and oxygen atoms in total. The van der Waals surface area contributed by atoms with Crippen molar-refractivity contribution in [3.63, 3.8) is 0 Å². The summed E-state index contributed by atoms with van der Waals surface area (Å²) in [7, 11) is 0. The van der Waals surface area contributed by atoms with Crippen molar-refractivity contribution < 1.29 is 14.6 Å². The van der Waals surface area contributed by atoms with Crippen LogP contribution in [0.3, 0.4) is 0 Å². The number of thiol groups is 1. The summed E-state index contributed by atoms with van der Waals surface area (Å²) in [5.41, 5.74) is 0. The Kier molecular flexibility index (Phi) is 7.06. The molecule has 0 aliphatic heterocycles. The van der Waals surface area contributed by atoms with Gasteiger partial charge in [-0.05, 0) is 13.8 Å². The van der Waals surface area contributed by atoms with Crippen LogP contribution >= 0.6 is 12.6 Å². The first-order chi connectivity index (χ1) is 5.16. The zero-order valence-electron chi connectivity index (χ0n) is 6.99. The summed E-state index contributed by atoms with van der Waals surface area (Å²) in [6.45, 7) is 4.46. The van der Waals surface area contributed by atoms with Gasteiger partial charge in [-0.15, -0.1) is 0 Å². The van der Waals surface area contributed by atoms with Crippen molar-refractivity contribution >= 4 is 12.6 Å². The lowest BCUT2D eigenvalue weighted by Crippen LogP contribution is -2.21. The predicted molar refractivity (Wildman–Crippen MR) is 46.9 cm³/mol. The minimum Gasteiger partial charge on any atom is -0.391 e. The van der Waals surface area contributed by atoms with Crippen LogP contribution < -0.4 is 0 Å². The van der Waals surface area contributed by atoms with E-state index in [1.165, 1.54) is 0 Å². The van der Waals surface area contributed by atoms with Gasteiger partial charge in [0.1, 0.15) is 0 Å². The lowest BCUT2D eigenvalue weighted by Gasteiger charge is -2.13. The third-order valence-corrected chi connectivity index (χ3v) is 1.25. The number of aliphatic hydroxyl groups excluding tert-OH is 1. The molecule has 68 valence electrons. The molecule has 0 bridgehead atoms. The van der Waals surface area contributed by atoms with Gasteiger partial charge < -0.3 is 14.6 Å². The largest absolute Gasteiger partial charge is 0.391 e. The topological polar surface area (TPSA) is 38.7 Å². The summed E-state index contributed by atoms with van der Waals surface area (Å²) in [5.74, 6) is 0.405. The van der Waals surface area contributed by atoms with Crippen LogP contribution in [0, 0.1) is 0 Å². The Balaban J connectivity index is 3.15. The summed E-state index contributed by atoms with van der Waals surface area (Å²) in [4.78, 5) is 0. The van der Waals surface area contributed by atoms with Crippen LogP contribution in [0.2, 0.25) is 0 Å². The SMILES string of the molecule is CC(O)COC(C)COCS. The molecule has 0 saturated carbocycles. The van der Waals surface area contributed by atoms with Crippen LogP contribution in [0.1, 0.15) is 13.8 Å². The van der Waals surface area contributed by atoms with E-state index in [-0.39, 0.29) is 6.10 Å². The van der Waals surface area contributed by atoms with Gasteiger partial charge in [-0.2, -0.15) is 12.6 Å². The minimum atomic E-state index is -0.409. The standard InChI is InChI=1S/C7H16O3S/c1-6(8)3-10-7(2)4-9-5-11/h6-8,11H,3-5H2,1-2H3. The van der Waals surface area contributed by atoms with Crippen LogP contribution in [0.4, 0.5) is 0 Å². The second kappa shape index (κ2) is 6.91. The second-order valence-electron chi connectivity index (χ2n) is 2.49. The summed E-state index contributed by atoms with van der Waals surface area (Å²) < 4.78 is 10.2. The first-order valence-corrected chi connectivity index (χ1v) is 4.28. The average Bonchev–Trinajstić information content (AvgIpc) is 1.97. The number of ether oxygens (including phenoxy) is 2. The Bertz CT molecular complexity index is 87.8. The van der Waals surface area contributed by atoms with Gasteiger partial charge >= 0.3 is 0 Å². The van der Waals surface area contributed by atoms with Crippen LogP contribution in [0.25, 0.3) is 0 Å². The molecule has 2 unspecified atom stereocenters. The van der Waals surface area contributed by atoms with Crippen LogP contribution in [0.15, 0.2) is 0 Å². The van der Waals surface area contributed by atoms with Crippen molar-refractivity contribution in [2.45, 2.75) is 26.1 Å². The Morgan fingerprint density at radius 1 is 1.36 bits per heavy atom. The molecule has 0 aromatic carbocycles. The fraction of sp³-hybridized carbons (Fsp3) is 1.00. The van der Waals surface area contributed by atoms with Gasteiger partial charge in [0, 0.05) is 0 Å². The molecule has 0 aromatic rings. The predicted octanol–water partition coefficient (Wildman–Crippen LogP) is 0.676. The van der Waals surface area contributed by atoms with E-state index in [1.54, 1.807) is 6.92 Å². The molecule has 0 fully saturated rings. The number of hydrogen-bond donors (Lipinski definition) is 2. The van der Waals surface area contributed by atoms with Gasteiger partial charge in [0.05, 0.1) is 31.4 Å². The van der Waals surface area contributed by atoms with E-state index in [9.17, 15) is 0 Å². The maximum atomic E-state index is 8.85. The molecule has 1 N–H and O–H groups in total. The van der Waals surface area contributed by atoms with E-state index in [0.717, 1.165) is 0 Å². The van der Waals surface area contributed by atoms with Crippen molar-refractivity contribution in [3.05, 3.63) is 0 Å². The number of aliphatic hydroxyl groups is 1. The summed E-state index contributed by atoms with van der Waals surface area (Å²) in [6, 6.07) is 0. The maximum Gasteiger partial charge on any atom is 0.0893 e. The first-order valence-electron chi connectivity index (χ1n) is 3.65. The first kappa shape index (κ1) is 11.2. The minimum absolute atomic E-state index is 0.0248. The monoisotopic (exact) mass is 180 g/mol. The van der Waals surface area contributed by atoms with Gasteiger partial charge in [0.2, 0.25) is 0 Å².